The molecule has 0 saturated carbocycles. The van der Waals surface area contributed by atoms with Gasteiger partial charge in [-0.15, -0.1) is 0 Å². The fourth-order valence-electron chi connectivity index (χ4n) is 2.08. The van der Waals surface area contributed by atoms with Crippen LogP contribution in [-0.4, -0.2) is 14.0 Å². The summed E-state index contributed by atoms with van der Waals surface area (Å²) in [6.45, 7) is 7.89. The quantitative estimate of drug-likeness (QED) is 0.490. The van der Waals surface area contributed by atoms with Gasteiger partial charge in [0.25, 0.3) is 10.1 Å². The molecule has 0 amide bonds. The zero-order valence-corrected chi connectivity index (χ0v) is 14.5. The van der Waals surface area contributed by atoms with Gasteiger partial charge in [0, 0.05) is 0 Å². The first-order valence-corrected chi connectivity index (χ1v) is 9.32. The highest BCUT2D eigenvalue weighted by Gasteiger charge is 2.29. The van der Waals surface area contributed by atoms with Crippen molar-refractivity contribution in [3.8, 4) is 0 Å². The van der Waals surface area contributed by atoms with Crippen LogP contribution in [0.5, 0.6) is 0 Å². The van der Waals surface area contributed by atoms with Crippen molar-refractivity contribution in [3.63, 3.8) is 0 Å². The van der Waals surface area contributed by atoms with Crippen LogP contribution in [0.3, 0.4) is 0 Å². The Bertz CT molecular complexity index is 513. The Hall–Kier alpha value is -0.870. The summed E-state index contributed by atoms with van der Waals surface area (Å²) >= 11 is 0. The monoisotopic (exact) mass is 312 g/mol. The summed E-state index contributed by atoms with van der Waals surface area (Å²) in [5, 5.41) is 0. The van der Waals surface area contributed by atoms with Crippen LogP contribution in [0.2, 0.25) is 0 Å². The van der Waals surface area contributed by atoms with Crippen LogP contribution in [0.1, 0.15) is 65.4 Å². The van der Waals surface area contributed by atoms with Crippen LogP contribution < -0.4 is 0 Å². The minimum Gasteiger partial charge on any atom is -0.260 e. The van der Waals surface area contributed by atoms with E-state index in [1.54, 1.807) is 12.1 Å². The molecule has 120 valence electrons. The van der Waals surface area contributed by atoms with Gasteiger partial charge in [-0.25, -0.2) is 0 Å². The molecule has 1 aromatic rings. The summed E-state index contributed by atoms with van der Waals surface area (Å²) < 4.78 is 30.1. The largest absolute Gasteiger partial charge is 0.297 e. The predicted molar refractivity (Wildman–Crippen MR) is 86.9 cm³/mol. The molecule has 0 unspecified atom stereocenters. The van der Waals surface area contributed by atoms with Gasteiger partial charge in [0.05, 0.1) is 10.5 Å². The second-order valence-corrected chi connectivity index (χ2v) is 7.34. The van der Waals surface area contributed by atoms with E-state index in [0.717, 1.165) is 12.8 Å². The average Bonchev–Trinajstić information content (AvgIpc) is 2.47. The third-order valence-corrected chi connectivity index (χ3v) is 5.56. The second kappa shape index (κ2) is 7.95. The molecule has 0 N–H and O–H groups in total. The van der Waals surface area contributed by atoms with E-state index in [0.29, 0.717) is 12.8 Å². The molecule has 0 heterocycles. The van der Waals surface area contributed by atoms with Crippen molar-refractivity contribution in [2.45, 2.75) is 76.7 Å². The predicted octanol–water partition coefficient (Wildman–Crippen LogP) is 4.70. The molecule has 0 radical (unpaired) electrons. The molecule has 0 atom stereocenters. The molecule has 4 heteroatoms. The van der Waals surface area contributed by atoms with Crippen LogP contribution in [0.4, 0.5) is 0 Å². The molecule has 0 fully saturated rings. The van der Waals surface area contributed by atoms with E-state index in [1.807, 2.05) is 32.9 Å². The number of hydrogen-bond donors (Lipinski definition) is 0. The minimum atomic E-state index is -3.68. The Kier molecular flexibility index (Phi) is 6.88. The molecule has 0 aromatic heterocycles. The Labute approximate surface area is 129 Å². The molecule has 0 bridgehead atoms. The highest BCUT2D eigenvalue weighted by molar-refractivity contribution is 7.86. The smallest absolute Gasteiger partial charge is 0.260 e. The van der Waals surface area contributed by atoms with E-state index in [9.17, 15) is 8.42 Å². The fraction of sp³-hybridized carbons (Fsp3) is 0.647. The number of benzene rings is 1. The van der Waals surface area contributed by atoms with Crippen molar-refractivity contribution in [2.75, 3.05) is 0 Å². The molecule has 21 heavy (non-hydrogen) atoms. The van der Waals surface area contributed by atoms with Gasteiger partial charge < -0.3 is 0 Å². The van der Waals surface area contributed by atoms with Gasteiger partial charge in [0.1, 0.15) is 0 Å². The van der Waals surface area contributed by atoms with Crippen LogP contribution >= 0.6 is 0 Å². The maximum Gasteiger partial charge on any atom is 0.297 e. The summed E-state index contributed by atoms with van der Waals surface area (Å²) in [7, 11) is -3.68. The highest BCUT2D eigenvalue weighted by atomic mass is 32.2. The minimum absolute atomic E-state index is 0.245. The SMILES string of the molecule is CCCCCc1ccc(S(=O)(=O)OC(C)(CC)CC)cc1. The van der Waals surface area contributed by atoms with Gasteiger partial charge in [-0.05, 0) is 50.3 Å². The van der Waals surface area contributed by atoms with Gasteiger partial charge in [-0.3, -0.25) is 4.18 Å². The van der Waals surface area contributed by atoms with Gasteiger partial charge in [0.15, 0.2) is 0 Å². The van der Waals surface area contributed by atoms with Crippen LogP contribution in [0.15, 0.2) is 29.2 Å². The summed E-state index contributed by atoms with van der Waals surface area (Å²) in [6.07, 6.45) is 5.86. The van der Waals surface area contributed by atoms with Crippen molar-refractivity contribution in [2.24, 2.45) is 0 Å². The second-order valence-electron chi connectivity index (χ2n) is 5.80. The van der Waals surface area contributed by atoms with Crippen molar-refractivity contribution in [3.05, 3.63) is 29.8 Å². The van der Waals surface area contributed by atoms with Gasteiger partial charge in [0.2, 0.25) is 0 Å². The number of hydrogen-bond acceptors (Lipinski definition) is 3. The fourth-order valence-corrected chi connectivity index (χ4v) is 3.41. The molecule has 0 spiro atoms. The van der Waals surface area contributed by atoms with Crippen LogP contribution in [0, 0.1) is 0 Å². The van der Waals surface area contributed by atoms with E-state index in [4.69, 9.17) is 4.18 Å². The Balaban J connectivity index is 2.80. The number of aryl methyl sites for hydroxylation is 1. The average molecular weight is 312 g/mol. The first-order chi connectivity index (χ1) is 9.87. The third-order valence-electron chi connectivity index (χ3n) is 4.09. The highest BCUT2D eigenvalue weighted by Crippen LogP contribution is 2.26. The summed E-state index contributed by atoms with van der Waals surface area (Å²) in [6, 6.07) is 7.09. The van der Waals surface area contributed by atoms with E-state index < -0.39 is 15.7 Å². The molecule has 0 saturated heterocycles. The lowest BCUT2D eigenvalue weighted by Crippen LogP contribution is -2.30. The van der Waals surface area contributed by atoms with Gasteiger partial charge >= 0.3 is 0 Å². The molecular weight excluding hydrogens is 284 g/mol. The topological polar surface area (TPSA) is 43.4 Å². The summed E-state index contributed by atoms with van der Waals surface area (Å²) in [4.78, 5) is 0.245. The van der Waals surface area contributed by atoms with Crippen molar-refractivity contribution >= 4 is 10.1 Å². The zero-order valence-electron chi connectivity index (χ0n) is 13.7. The van der Waals surface area contributed by atoms with Crippen molar-refractivity contribution in [1.82, 2.24) is 0 Å². The van der Waals surface area contributed by atoms with Crippen LogP contribution in [0.25, 0.3) is 0 Å². The molecule has 0 aliphatic heterocycles. The first kappa shape index (κ1) is 18.2. The van der Waals surface area contributed by atoms with E-state index >= 15 is 0 Å². The maximum atomic E-state index is 12.3. The molecular formula is C17H28O3S. The van der Waals surface area contributed by atoms with E-state index in [1.165, 1.54) is 18.4 Å². The van der Waals surface area contributed by atoms with Crippen molar-refractivity contribution < 1.29 is 12.6 Å². The third kappa shape index (κ3) is 5.44. The zero-order chi connectivity index (χ0) is 15.9. The van der Waals surface area contributed by atoms with Gasteiger partial charge in [-0.1, -0.05) is 45.7 Å². The Morgan fingerprint density at radius 3 is 2.05 bits per heavy atom. The summed E-state index contributed by atoms with van der Waals surface area (Å²) in [5.74, 6) is 0. The lowest BCUT2D eigenvalue weighted by Gasteiger charge is -2.26. The Morgan fingerprint density at radius 2 is 1.57 bits per heavy atom. The Morgan fingerprint density at radius 1 is 1.00 bits per heavy atom. The molecule has 3 nitrogen and oxygen atoms in total. The number of rotatable bonds is 9. The molecule has 1 aromatic carbocycles. The van der Waals surface area contributed by atoms with E-state index in [-0.39, 0.29) is 4.90 Å². The van der Waals surface area contributed by atoms with Gasteiger partial charge in [-0.2, -0.15) is 8.42 Å². The number of unbranched alkanes of at least 4 members (excludes halogenated alkanes) is 2. The summed E-state index contributed by atoms with van der Waals surface area (Å²) in [5.41, 5.74) is 0.551. The standard InChI is InChI=1S/C17H28O3S/c1-5-8-9-10-15-11-13-16(14-12-15)21(18,19)20-17(4,6-2)7-3/h11-14H,5-10H2,1-4H3. The molecule has 0 aliphatic carbocycles. The molecule has 1 rings (SSSR count). The lowest BCUT2D eigenvalue weighted by molar-refractivity contribution is 0.0883. The van der Waals surface area contributed by atoms with E-state index in [2.05, 4.69) is 6.92 Å². The maximum absolute atomic E-state index is 12.3. The lowest BCUT2D eigenvalue weighted by atomic mass is 10.0. The first-order valence-electron chi connectivity index (χ1n) is 7.91. The van der Waals surface area contributed by atoms with Crippen LogP contribution in [-0.2, 0) is 20.7 Å². The molecule has 0 aliphatic rings. The van der Waals surface area contributed by atoms with Crippen molar-refractivity contribution in [1.29, 1.82) is 0 Å². The normalized spacial score (nSPS) is 12.6.